The van der Waals surface area contributed by atoms with Gasteiger partial charge in [-0.2, -0.15) is 0 Å². The van der Waals surface area contributed by atoms with E-state index < -0.39 is 0 Å². The van der Waals surface area contributed by atoms with E-state index in [-0.39, 0.29) is 9.95 Å². The topological polar surface area (TPSA) is 68.1 Å². The summed E-state index contributed by atoms with van der Waals surface area (Å²) < 4.78 is 0. The summed E-state index contributed by atoms with van der Waals surface area (Å²) in [7, 11) is 1.67. The van der Waals surface area contributed by atoms with Gasteiger partial charge in [0, 0.05) is 19.7 Å². The molecule has 1 heterocycles. The van der Waals surface area contributed by atoms with Crippen LogP contribution in [-0.4, -0.2) is 23.2 Å². The minimum absolute atomic E-state index is 0.113. The number of rotatable bonds is 5. The number of halogens is 1. The molecule has 17 heavy (non-hydrogen) atoms. The molecule has 0 radical (unpaired) electrons. The van der Waals surface area contributed by atoms with Crippen LogP contribution in [0, 0.1) is 10.1 Å². The largest absolute Gasteiger partial charge is 0.385 e. The van der Waals surface area contributed by atoms with Gasteiger partial charge in [-0.15, -0.1) is 0 Å². The lowest BCUT2D eigenvalue weighted by atomic mass is 10.2. The molecule has 1 N–H and O–H groups in total. The zero-order chi connectivity index (χ0) is 12.8. The molecule has 0 bridgehead atoms. The highest BCUT2D eigenvalue weighted by Crippen LogP contribution is 2.19. The Bertz CT molecular complexity index is 434. The quantitative estimate of drug-likeness (QED) is 0.506. The first-order valence-electron chi connectivity index (χ1n) is 4.78. The number of nitro groups is 1. The van der Waals surface area contributed by atoms with Crippen LogP contribution in [-0.2, 0) is 6.42 Å². The molecule has 0 aromatic carbocycles. The molecule has 1 aromatic rings. The summed E-state index contributed by atoms with van der Waals surface area (Å²) in [4.78, 5) is 14.4. The smallest absolute Gasteiger partial charge is 0.321 e. The van der Waals surface area contributed by atoms with Gasteiger partial charge in [-0.05, 0) is 17.9 Å². The number of likely N-dealkylation sites (N-methyl/N-ethyl adjacent to an activating group) is 1. The maximum atomic E-state index is 10.8. The van der Waals surface area contributed by atoms with E-state index in [9.17, 15) is 10.1 Å². The Morgan fingerprint density at radius 3 is 2.76 bits per heavy atom. The van der Waals surface area contributed by atoms with Crippen LogP contribution in [0.15, 0.2) is 29.1 Å². The minimum atomic E-state index is -0.389. The molecule has 1 rings (SSSR count). The zero-order valence-corrected chi connectivity index (χ0v) is 11.0. The molecule has 0 aliphatic carbocycles. The first-order valence-corrected chi connectivity index (χ1v) is 6.38. The average molecular weight is 274 g/mol. The van der Waals surface area contributed by atoms with Crippen molar-refractivity contribution in [1.29, 1.82) is 0 Å². The van der Waals surface area contributed by atoms with Crippen molar-refractivity contribution in [1.82, 2.24) is 10.3 Å². The van der Waals surface area contributed by atoms with Gasteiger partial charge in [0.15, 0.2) is 0 Å². The van der Waals surface area contributed by atoms with Crippen LogP contribution in [0.3, 0.4) is 0 Å². The molecule has 7 heteroatoms. The Kier molecular flexibility index (Phi) is 5.24. The lowest BCUT2D eigenvalue weighted by Gasteiger charge is -2.07. The molecular weight excluding hydrogens is 262 g/mol. The number of nitrogens with zero attached hydrogens (tertiary/aromatic N) is 2. The van der Waals surface area contributed by atoms with Crippen LogP contribution in [0.2, 0.25) is 5.15 Å². The minimum Gasteiger partial charge on any atom is -0.385 e. The number of thioether (sulfide) groups is 1. The molecule has 92 valence electrons. The first-order chi connectivity index (χ1) is 8.08. The van der Waals surface area contributed by atoms with Crippen LogP contribution in [0.4, 0.5) is 0 Å². The molecule has 0 spiro atoms. The molecule has 0 unspecified atom stereocenters. The summed E-state index contributed by atoms with van der Waals surface area (Å²) >= 11 is 6.78. The van der Waals surface area contributed by atoms with E-state index in [4.69, 9.17) is 11.6 Å². The Morgan fingerprint density at radius 2 is 2.35 bits per heavy atom. The van der Waals surface area contributed by atoms with Gasteiger partial charge in [0.2, 0.25) is 0 Å². The number of nitrogens with one attached hydrogen (secondary N) is 1. The predicted octanol–water partition coefficient (Wildman–Crippen LogP) is 2.31. The van der Waals surface area contributed by atoms with Crippen molar-refractivity contribution in [3.63, 3.8) is 0 Å². The van der Waals surface area contributed by atoms with Gasteiger partial charge >= 0.3 is 5.03 Å². The molecule has 0 fully saturated rings. The van der Waals surface area contributed by atoms with Crippen LogP contribution in [0.25, 0.3) is 0 Å². The number of hydrogen-bond donors (Lipinski definition) is 1. The molecule has 0 aliphatic rings. The first kappa shape index (κ1) is 13.8. The van der Waals surface area contributed by atoms with Gasteiger partial charge in [0.25, 0.3) is 0 Å². The summed E-state index contributed by atoms with van der Waals surface area (Å²) in [5.41, 5.74) is 1.43. The molecule has 0 saturated heterocycles. The predicted molar refractivity (Wildman–Crippen MR) is 69.5 cm³/mol. The second kappa shape index (κ2) is 6.46. The summed E-state index contributed by atoms with van der Waals surface area (Å²) in [6.45, 7) is 0. The van der Waals surface area contributed by atoms with E-state index >= 15 is 0 Å². The Labute approximate surface area is 108 Å². The maximum Gasteiger partial charge on any atom is 0.321 e. The molecule has 0 amide bonds. The summed E-state index contributed by atoms with van der Waals surface area (Å²) in [6.07, 6.45) is 3.71. The van der Waals surface area contributed by atoms with E-state index in [0.29, 0.717) is 17.3 Å². The van der Waals surface area contributed by atoms with Gasteiger partial charge in [-0.1, -0.05) is 29.4 Å². The molecular formula is C10H12ClN3O2S. The van der Waals surface area contributed by atoms with E-state index in [1.165, 1.54) is 0 Å². The van der Waals surface area contributed by atoms with Crippen LogP contribution in [0.1, 0.15) is 5.56 Å². The lowest BCUT2D eigenvalue weighted by Crippen LogP contribution is -2.14. The monoisotopic (exact) mass is 273 g/mol. The average Bonchev–Trinajstić information content (AvgIpc) is 2.31. The van der Waals surface area contributed by atoms with Crippen LogP contribution in [0.5, 0.6) is 0 Å². The highest BCUT2D eigenvalue weighted by atomic mass is 35.5. The van der Waals surface area contributed by atoms with Crippen molar-refractivity contribution < 1.29 is 4.92 Å². The molecule has 0 saturated carbocycles. The van der Waals surface area contributed by atoms with Gasteiger partial charge in [0.05, 0.1) is 4.92 Å². The van der Waals surface area contributed by atoms with Crippen molar-refractivity contribution in [3.05, 3.63) is 49.9 Å². The van der Waals surface area contributed by atoms with E-state index in [0.717, 1.165) is 17.3 Å². The number of allylic oxidation sites excluding steroid dienone is 1. The second-order valence-electron chi connectivity index (χ2n) is 3.16. The lowest BCUT2D eigenvalue weighted by molar-refractivity contribution is -0.411. The van der Waals surface area contributed by atoms with E-state index in [2.05, 4.69) is 10.3 Å². The molecule has 1 aromatic heterocycles. The maximum absolute atomic E-state index is 10.8. The number of hydrogen-bond acceptors (Lipinski definition) is 5. The van der Waals surface area contributed by atoms with E-state index in [1.54, 1.807) is 31.6 Å². The van der Waals surface area contributed by atoms with Gasteiger partial charge in [-0.3, -0.25) is 10.1 Å². The van der Waals surface area contributed by atoms with Crippen molar-refractivity contribution in [2.45, 2.75) is 6.42 Å². The SMILES string of the molecule is CN/C(Cc1ccc(Cl)nc1)=C(/SC)[N+](=O)[O-]. The van der Waals surface area contributed by atoms with Crippen molar-refractivity contribution >= 4 is 23.4 Å². The van der Waals surface area contributed by atoms with Crippen LogP contribution >= 0.6 is 23.4 Å². The fourth-order valence-corrected chi connectivity index (χ4v) is 1.98. The van der Waals surface area contributed by atoms with Crippen molar-refractivity contribution in [3.8, 4) is 0 Å². The fourth-order valence-electron chi connectivity index (χ4n) is 1.29. The number of pyridine rings is 1. The Balaban J connectivity index is 2.96. The second-order valence-corrected chi connectivity index (χ2v) is 4.34. The summed E-state index contributed by atoms with van der Waals surface area (Å²) in [5, 5.41) is 14.2. The molecule has 0 atom stereocenters. The van der Waals surface area contributed by atoms with Gasteiger partial charge < -0.3 is 5.32 Å². The van der Waals surface area contributed by atoms with Gasteiger partial charge in [0.1, 0.15) is 10.9 Å². The number of aromatic nitrogens is 1. The highest BCUT2D eigenvalue weighted by Gasteiger charge is 2.16. The normalized spacial score (nSPS) is 11.9. The Morgan fingerprint density at radius 1 is 1.65 bits per heavy atom. The third-order valence-corrected chi connectivity index (χ3v) is 3.09. The summed E-state index contributed by atoms with van der Waals surface area (Å²) in [6, 6.07) is 3.46. The zero-order valence-electron chi connectivity index (χ0n) is 9.44. The Hall–Kier alpha value is -1.27. The van der Waals surface area contributed by atoms with Crippen molar-refractivity contribution in [2.75, 3.05) is 13.3 Å². The standard InChI is InChI=1S/C10H12ClN3O2S/c1-12-8(10(17-2)14(15)16)5-7-3-4-9(11)13-6-7/h3-4,6,12H,5H2,1-2H3/b10-8+. The molecule has 5 nitrogen and oxygen atoms in total. The third kappa shape index (κ3) is 3.90. The van der Waals surface area contributed by atoms with E-state index in [1.807, 2.05) is 0 Å². The molecule has 0 aliphatic heterocycles. The highest BCUT2D eigenvalue weighted by molar-refractivity contribution is 8.02. The summed E-state index contributed by atoms with van der Waals surface area (Å²) in [5.74, 6) is 0. The fraction of sp³-hybridized carbons (Fsp3) is 0.300. The van der Waals surface area contributed by atoms with Crippen LogP contribution < -0.4 is 5.32 Å². The third-order valence-electron chi connectivity index (χ3n) is 2.09. The van der Waals surface area contributed by atoms with Crippen molar-refractivity contribution in [2.24, 2.45) is 0 Å². The van der Waals surface area contributed by atoms with Gasteiger partial charge in [-0.25, -0.2) is 4.98 Å².